The van der Waals surface area contributed by atoms with Gasteiger partial charge >= 0.3 is 6.03 Å². The summed E-state index contributed by atoms with van der Waals surface area (Å²) < 4.78 is 0. The Hall–Kier alpha value is -2.60. The molecule has 0 aliphatic heterocycles. The number of hydrogen-bond acceptors (Lipinski definition) is 3. The Kier molecular flexibility index (Phi) is 20.4. The zero-order chi connectivity index (χ0) is 24.1. The third-order valence-electron chi connectivity index (χ3n) is 4.06. The van der Waals surface area contributed by atoms with Crippen LogP contribution in [0.15, 0.2) is 54.1 Å². The van der Waals surface area contributed by atoms with Crippen LogP contribution in [0.2, 0.25) is 0 Å². The zero-order valence-corrected chi connectivity index (χ0v) is 20.6. The first-order valence-electron chi connectivity index (χ1n) is 11.0. The number of likely N-dealkylation sites (N-methyl/N-ethyl adjacent to an activating group) is 1. The van der Waals surface area contributed by atoms with Crippen LogP contribution in [0, 0.1) is 0 Å². The molecule has 4 N–H and O–H groups in total. The molecule has 31 heavy (non-hydrogen) atoms. The molecule has 6 nitrogen and oxygen atoms in total. The molecule has 1 rings (SSSR count). The number of amides is 3. The van der Waals surface area contributed by atoms with Crippen LogP contribution in [0.3, 0.4) is 0 Å². The highest BCUT2D eigenvalue weighted by molar-refractivity contribution is 5.87. The van der Waals surface area contributed by atoms with Gasteiger partial charge in [0, 0.05) is 27.1 Å². The highest BCUT2D eigenvalue weighted by atomic mass is 16.2. The normalized spacial score (nSPS) is 11.4. The van der Waals surface area contributed by atoms with Crippen LogP contribution in [0.5, 0.6) is 0 Å². The predicted molar refractivity (Wildman–Crippen MR) is 133 cm³/mol. The summed E-state index contributed by atoms with van der Waals surface area (Å²) in [6.07, 6.45) is 10.6. The SMILES string of the molecule is CC/C=C\C/C(C)=C\CC.CCNC(=O)NC(Cc1ccccc1)C(=O)N(C)C.CN. The quantitative estimate of drug-likeness (QED) is 0.509. The lowest BCUT2D eigenvalue weighted by Crippen LogP contribution is -2.50. The van der Waals surface area contributed by atoms with Gasteiger partial charge in [-0.2, -0.15) is 0 Å². The van der Waals surface area contributed by atoms with E-state index in [9.17, 15) is 9.59 Å². The van der Waals surface area contributed by atoms with Crippen molar-refractivity contribution in [3.05, 3.63) is 59.7 Å². The minimum atomic E-state index is -0.552. The summed E-state index contributed by atoms with van der Waals surface area (Å²) >= 11 is 0. The van der Waals surface area contributed by atoms with E-state index in [0.29, 0.717) is 13.0 Å². The Balaban J connectivity index is 0. The lowest BCUT2D eigenvalue weighted by atomic mass is 10.1. The van der Waals surface area contributed by atoms with Crippen LogP contribution in [0.25, 0.3) is 0 Å². The molecule has 0 saturated carbocycles. The van der Waals surface area contributed by atoms with Gasteiger partial charge in [0.15, 0.2) is 0 Å². The zero-order valence-electron chi connectivity index (χ0n) is 20.6. The minimum Gasteiger partial charge on any atom is -0.347 e. The standard InChI is InChI=1S/C14H21N3O2.C10H18.CH5N/c1-4-15-14(19)16-12(13(18)17(2)3)10-11-8-6-5-7-9-11;1-4-6-7-9-10(3)8-5-2;1-2/h5-9,12H,4,10H2,1-3H3,(H2,15,16,19);6-8H,4-5,9H2,1-3H3;2H2,1H3/b;7-6-,10-8-;. The third-order valence-corrected chi connectivity index (χ3v) is 4.06. The van der Waals surface area contributed by atoms with E-state index in [4.69, 9.17) is 0 Å². The van der Waals surface area contributed by atoms with E-state index < -0.39 is 6.04 Å². The number of nitrogens with one attached hydrogen (secondary N) is 2. The van der Waals surface area contributed by atoms with E-state index in [2.05, 4.69) is 55.4 Å². The molecule has 1 unspecified atom stereocenters. The fraction of sp³-hybridized carbons (Fsp3) is 0.520. The van der Waals surface area contributed by atoms with Crippen LogP contribution in [0.1, 0.15) is 52.5 Å². The molecule has 0 aliphatic carbocycles. The lowest BCUT2D eigenvalue weighted by Gasteiger charge is -2.22. The Morgan fingerprint density at radius 1 is 1.03 bits per heavy atom. The number of benzene rings is 1. The molecule has 0 aliphatic rings. The molecule has 0 spiro atoms. The van der Waals surface area contributed by atoms with Crippen molar-refractivity contribution in [1.29, 1.82) is 0 Å². The largest absolute Gasteiger partial charge is 0.347 e. The van der Waals surface area contributed by atoms with Gasteiger partial charge in [-0.1, -0.05) is 68.0 Å². The van der Waals surface area contributed by atoms with Gasteiger partial charge in [0.05, 0.1) is 0 Å². The summed E-state index contributed by atoms with van der Waals surface area (Å²) in [5.74, 6) is -0.116. The van der Waals surface area contributed by atoms with E-state index in [0.717, 1.165) is 24.8 Å². The van der Waals surface area contributed by atoms with Crippen molar-refractivity contribution in [3.63, 3.8) is 0 Å². The summed E-state index contributed by atoms with van der Waals surface area (Å²) in [5.41, 5.74) is 6.99. The van der Waals surface area contributed by atoms with Crippen molar-refractivity contribution in [2.24, 2.45) is 5.73 Å². The average molecular weight is 433 g/mol. The number of hydrogen-bond donors (Lipinski definition) is 3. The van der Waals surface area contributed by atoms with E-state index >= 15 is 0 Å². The van der Waals surface area contributed by atoms with Gasteiger partial charge in [-0.05, 0) is 45.7 Å². The summed E-state index contributed by atoms with van der Waals surface area (Å²) in [4.78, 5) is 25.1. The number of nitrogens with zero attached hydrogens (tertiary/aromatic N) is 1. The Bertz CT molecular complexity index is 640. The highest BCUT2D eigenvalue weighted by Crippen LogP contribution is 2.05. The summed E-state index contributed by atoms with van der Waals surface area (Å²) in [6.45, 7) is 8.88. The number of nitrogens with two attached hydrogens (primary N) is 1. The van der Waals surface area contributed by atoms with Gasteiger partial charge in [0.2, 0.25) is 5.91 Å². The maximum absolute atomic E-state index is 12.1. The fourth-order valence-electron chi connectivity index (χ4n) is 2.60. The van der Waals surface area contributed by atoms with Crippen LogP contribution in [-0.4, -0.2) is 50.6 Å². The topological polar surface area (TPSA) is 87.5 Å². The monoisotopic (exact) mass is 432 g/mol. The van der Waals surface area contributed by atoms with Gasteiger partial charge in [0.25, 0.3) is 0 Å². The van der Waals surface area contributed by atoms with Gasteiger partial charge in [-0.25, -0.2) is 4.79 Å². The van der Waals surface area contributed by atoms with Crippen LogP contribution in [0.4, 0.5) is 4.79 Å². The van der Waals surface area contributed by atoms with Crippen molar-refractivity contribution >= 4 is 11.9 Å². The van der Waals surface area contributed by atoms with Gasteiger partial charge < -0.3 is 21.3 Å². The molecule has 1 aromatic rings. The molecule has 0 bridgehead atoms. The molecule has 0 fully saturated rings. The van der Waals surface area contributed by atoms with Gasteiger partial charge in [-0.3, -0.25) is 4.79 Å². The molecule has 176 valence electrons. The second kappa shape index (κ2) is 20.7. The van der Waals surface area contributed by atoms with E-state index in [1.165, 1.54) is 17.5 Å². The smallest absolute Gasteiger partial charge is 0.315 e. The molecule has 0 radical (unpaired) electrons. The van der Waals surface area contributed by atoms with Crippen LogP contribution < -0.4 is 16.4 Å². The summed E-state index contributed by atoms with van der Waals surface area (Å²) in [6, 6.07) is 8.76. The molecular formula is C25H44N4O2. The first kappa shape index (κ1) is 30.6. The van der Waals surface area contributed by atoms with Gasteiger partial charge in [0.1, 0.15) is 6.04 Å². The van der Waals surface area contributed by atoms with E-state index in [1.54, 1.807) is 14.1 Å². The second-order valence-corrected chi connectivity index (χ2v) is 7.02. The van der Waals surface area contributed by atoms with Crippen LogP contribution >= 0.6 is 0 Å². The molecule has 6 heteroatoms. The number of rotatable bonds is 9. The average Bonchev–Trinajstić information content (AvgIpc) is 2.76. The number of carbonyl (C=O) groups is 2. The first-order valence-corrected chi connectivity index (χ1v) is 11.0. The molecule has 0 aromatic heterocycles. The predicted octanol–water partition coefficient (Wildman–Crippen LogP) is 4.28. The highest BCUT2D eigenvalue weighted by Gasteiger charge is 2.22. The van der Waals surface area contributed by atoms with Crippen molar-refractivity contribution in [1.82, 2.24) is 15.5 Å². The summed E-state index contributed by atoms with van der Waals surface area (Å²) in [7, 11) is 4.86. The Labute approximate surface area is 190 Å². The third kappa shape index (κ3) is 16.8. The maximum Gasteiger partial charge on any atom is 0.315 e. The molecule has 0 heterocycles. The van der Waals surface area contributed by atoms with Crippen molar-refractivity contribution in [3.8, 4) is 0 Å². The van der Waals surface area contributed by atoms with Gasteiger partial charge in [-0.15, -0.1) is 0 Å². The first-order chi connectivity index (χ1) is 14.8. The number of urea groups is 1. The Morgan fingerprint density at radius 3 is 2.13 bits per heavy atom. The fourth-order valence-corrected chi connectivity index (χ4v) is 2.60. The number of allylic oxidation sites excluding steroid dienone is 4. The second-order valence-electron chi connectivity index (χ2n) is 7.02. The molecule has 0 saturated heterocycles. The van der Waals surface area contributed by atoms with Crippen molar-refractivity contribution in [2.75, 3.05) is 27.7 Å². The molecular weight excluding hydrogens is 388 g/mol. The Morgan fingerprint density at radius 2 is 1.65 bits per heavy atom. The van der Waals surface area contributed by atoms with E-state index in [-0.39, 0.29) is 11.9 Å². The molecule has 1 aromatic carbocycles. The molecule has 1 atom stereocenters. The summed E-state index contributed by atoms with van der Waals surface area (Å²) in [5, 5.41) is 5.34. The number of carbonyl (C=O) groups excluding carboxylic acids is 2. The van der Waals surface area contributed by atoms with Crippen molar-refractivity contribution in [2.45, 2.75) is 59.4 Å². The molecule has 3 amide bonds. The van der Waals surface area contributed by atoms with Crippen LogP contribution in [-0.2, 0) is 11.2 Å². The van der Waals surface area contributed by atoms with Crippen molar-refractivity contribution < 1.29 is 9.59 Å². The minimum absolute atomic E-state index is 0.116. The van der Waals surface area contributed by atoms with E-state index in [1.807, 2.05) is 37.3 Å². The maximum atomic E-state index is 12.1. The lowest BCUT2D eigenvalue weighted by molar-refractivity contribution is -0.130.